The fourth-order valence-corrected chi connectivity index (χ4v) is 1.68. The van der Waals surface area contributed by atoms with Crippen molar-refractivity contribution >= 4 is 7.60 Å². The van der Waals surface area contributed by atoms with Crippen LogP contribution < -0.4 is 0 Å². The second-order valence-corrected chi connectivity index (χ2v) is 4.28. The van der Waals surface area contributed by atoms with E-state index in [1.165, 1.54) is 0 Å². The van der Waals surface area contributed by atoms with Crippen molar-refractivity contribution in [3.63, 3.8) is 0 Å². The Hall–Kier alpha value is -0.710. The third-order valence-electron chi connectivity index (χ3n) is 1.47. The van der Waals surface area contributed by atoms with Gasteiger partial charge in [0, 0.05) is 0 Å². The second-order valence-electron chi connectivity index (χ2n) is 2.42. The Kier molecular flexibility index (Phi) is 3.59. The fourth-order valence-electron chi connectivity index (χ4n) is 0.880. The molecule has 72 valence electrons. The first-order valence-electron chi connectivity index (χ1n) is 3.49. The van der Waals surface area contributed by atoms with Crippen molar-refractivity contribution in [2.24, 2.45) is 0 Å². The van der Waals surface area contributed by atoms with E-state index in [9.17, 15) is 4.57 Å². The monoisotopic (exact) mass is 204 g/mol. The van der Waals surface area contributed by atoms with E-state index in [0.29, 0.717) is 5.56 Å². The fraction of sp³-hybridized carbons (Fsp3) is 0.143. The minimum absolute atomic E-state index is 0.180. The van der Waals surface area contributed by atoms with Crippen LogP contribution in [0.1, 0.15) is 5.56 Å². The molecule has 6 heteroatoms. The van der Waals surface area contributed by atoms with Crippen LogP contribution in [0.3, 0.4) is 0 Å². The van der Waals surface area contributed by atoms with Crippen molar-refractivity contribution < 1.29 is 24.4 Å². The SMILES string of the molecule is O=P(Cc1ccccc1)(OO)OO. The van der Waals surface area contributed by atoms with Crippen LogP contribution in [0, 0.1) is 0 Å². The average molecular weight is 204 g/mol. The Morgan fingerprint density at radius 3 is 2.15 bits per heavy atom. The highest BCUT2D eigenvalue weighted by Gasteiger charge is 2.25. The third kappa shape index (κ3) is 2.91. The molecule has 0 aliphatic heterocycles. The third-order valence-corrected chi connectivity index (χ3v) is 2.72. The lowest BCUT2D eigenvalue weighted by atomic mass is 10.2. The van der Waals surface area contributed by atoms with Crippen LogP contribution in [0.5, 0.6) is 0 Å². The van der Waals surface area contributed by atoms with Crippen molar-refractivity contribution in [2.75, 3.05) is 0 Å². The average Bonchev–Trinajstić information content (AvgIpc) is 2.19. The molecule has 0 unspecified atom stereocenters. The van der Waals surface area contributed by atoms with Gasteiger partial charge in [-0.05, 0) is 5.56 Å². The highest BCUT2D eigenvalue weighted by molar-refractivity contribution is 7.52. The van der Waals surface area contributed by atoms with Crippen molar-refractivity contribution in [1.29, 1.82) is 0 Å². The molecule has 0 bridgehead atoms. The van der Waals surface area contributed by atoms with Gasteiger partial charge in [0.25, 0.3) is 0 Å². The molecule has 0 radical (unpaired) electrons. The quantitative estimate of drug-likeness (QED) is 0.447. The molecule has 0 aliphatic carbocycles. The molecule has 0 saturated carbocycles. The first kappa shape index (κ1) is 10.4. The van der Waals surface area contributed by atoms with E-state index in [1.807, 2.05) is 0 Å². The van der Waals surface area contributed by atoms with E-state index in [4.69, 9.17) is 10.5 Å². The Morgan fingerprint density at radius 1 is 1.15 bits per heavy atom. The molecule has 0 heterocycles. The van der Waals surface area contributed by atoms with Gasteiger partial charge in [-0.3, -0.25) is 4.57 Å². The zero-order chi connectivity index (χ0) is 9.73. The topological polar surface area (TPSA) is 76.0 Å². The van der Waals surface area contributed by atoms with E-state index in [1.54, 1.807) is 30.3 Å². The summed E-state index contributed by atoms with van der Waals surface area (Å²) in [5.41, 5.74) is 0.633. The molecule has 0 atom stereocenters. The lowest BCUT2D eigenvalue weighted by Gasteiger charge is -2.08. The van der Waals surface area contributed by atoms with E-state index in [0.717, 1.165) is 0 Å². The van der Waals surface area contributed by atoms with Crippen LogP contribution in [0.4, 0.5) is 0 Å². The molecule has 0 aromatic heterocycles. The summed E-state index contributed by atoms with van der Waals surface area (Å²) in [6.07, 6.45) is -0.180. The molecular formula is C7H9O5P. The molecule has 0 spiro atoms. The van der Waals surface area contributed by atoms with E-state index < -0.39 is 7.60 Å². The van der Waals surface area contributed by atoms with Crippen LogP contribution in [-0.2, 0) is 20.1 Å². The molecule has 5 nitrogen and oxygen atoms in total. The summed E-state index contributed by atoms with van der Waals surface area (Å²) in [4.78, 5) is 0. The van der Waals surface area contributed by atoms with E-state index >= 15 is 0 Å². The highest BCUT2D eigenvalue weighted by atomic mass is 31.2. The predicted octanol–water partition coefficient (Wildman–Crippen LogP) is 2.36. The Balaban J connectivity index is 2.74. The smallest absolute Gasteiger partial charge is 0.255 e. The summed E-state index contributed by atoms with van der Waals surface area (Å²) in [6.45, 7) is 0. The van der Waals surface area contributed by atoms with Crippen LogP contribution in [0.15, 0.2) is 30.3 Å². The van der Waals surface area contributed by atoms with E-state index in [-0.39, 0.29) is 6.16 Å². The van der Waals surface area contributed by atoms with Gasteiger partial charge in [-0.25, -0.2) is 10.5 Å². The summed E-state index contributed by atoms with van der Waals surface area (Å²) in [5, 5.41) is 16.4. The Bertz CT molecular complexity index is 291. The van der Waals surface area contributed by atoms with Gasteiger partial charge in [0.2, 0.25) is 0 Å². The summed E-state index contributed by atoms with van der Waals surface area (Å²) >= 11 is 0. The molecule has 0 saturated heterocycles. The van der Waals surface area contributed by atoms with Gasteiger partial charge in [-0.1, -0.05) is 30.3 Å². The van der Waals surface area contributed by atoms with Gasteiger partial charge in [-0.15, -0.1) is 9.35 Å². The Labute approximate surface area is 74.9 Å². The number of rotatable bonds is 4. The maximum atomic E-state index is 11.2. The molecule has 0 fully saturated rings. The molecule has 1 aromatic rings. The normalized spacial score (nSPS) is 11.5. The van der Waals surface area contributed by atoms with Crippen LogP contribution in [0.25, 0.3) is 0 Å². The van der Waals surface area contributed by atoms with E-state index in [2.05, 4.69) is 9.35 Å². The first-order chi connectivity index (χ1) is 6.20. The molecule has 1 aromatic carbocycles. The first-order valence-corrected chi connectivity index (χ1v) is 5.22. The Morgan fingerprint density at radius 2 is 1.69 bits per heavy atom. The van der Waals surface area contributed by atoms with Crippen LogP contribution in [0.2, 0.25) is 0 Å². The minimum atomic E-state index is -3.79. The van der Waals surface area contributed by atoms with Crippen molar-refractivity contribution in [1.82, 2.24) is 0 Å². The lowest BCUT2D eigenvalue weighted by Crippen LogP contribution is -1.93. The van der Waals surface area contributed by atoms with Gasteiger partial charge >= 0.3 is 7.60 Å². The predicted molar refractivity (Wildman–Crippen MR) is 45.2 cm³/mol. The van der Waals surface area contributed by atoms with Gasteiger partial charge < -0.3 is 0 Å². The van der Waals surface area contributed by atoms with Crippen LogP contribution >= 0.6 is 7.60 Å². The molecule has 13 heavy (non-hydrogen) atoms. The van der Waals surface area contributed by atoms with Crippen molar-refractivity contribution in [3.05, 3.63) is 35.9 Å². The van der Waals surface area contributed by atoms with Gasteiger partial charge in [0.1, 0.15) is 0 Å². The standard InChI is InChI=1S/C7H9O5P/c8-11-13(10,12-9)6-7-4-2-1-3-5-7/h1-5,8-9H,6H2. The zero-order valence-corrected chi connectivity index (χ0v) is 7.55. The number of hydrogen-bond acceptors (Lipinski definition) is 5. The van der Waals surface area contributed by atoms with Gasteiger partial charge in [-0.2, -0.15) is 0 Å². The van der Waals surface area contributed by atoms with Crippen molar-refractivity contribution in [3.8, 4) is 0 Å². The molecule has 0 amide bonds. The number of benzene rings is 1. The second kappa shape index (κ2) is 4.50. The summed E-state index contributed by atoms with van der Waals surface area (Å²) < 4.78 is 18.3. The molecule has 0 aliphatic rings. The summed E-state index contributed by atoms with van der Waals surface area (Å²) in [7, 11) is -3.79. The molecule has 1 rings (SSSR count). The largest absolute Gasteiger partial charge is 0.388 e. The molecular weight excluding hydrogens is 195 g/mol. The zero-order valence-electron chi connectivity index (χ0n) is 6.66. The van der Waals surface area contributed by atoms with Crippen molar-refractivity contribution in [2.45, 2.75) is 6.16 Å². The lowest BCUT2D eigenvalue weighted by molar-refractivity contribution is -0.208. The minimum Gasteiger partial charge on any atom is -0.255 e. The number of hydrogen-bond donors (Lipinski definition) is 2. The summed E-state index contributed by atoms with van der Waals surface area (Å²) in [6, 6.07) is 8.59. The maximum absolute atomic E-state index is 11.2. The van der Waals surface area contributed by atoms with Gasteiger partial charge in [0.15, 0.2) is 0 Å². The maximum Gasteiger partial charge on any atom is 0.388 e. The summed E-state index contributed by atoms with van der Waals surface area (Å²) in [5.74, 6) is 0. The molecule has 2 N–H and O–H groups in total. The van der Waals surface area contributed by atoms with Gasteiger partial charge in [0.05, 0.1) is 6.16 Å². The van der Waals surface area contributed by atoms with Crippen LogP contribution in [-0.4, -0.2) is 10.5 Å². The highest BCUT2D eigenvalue weighted by Crippen LogP contribution is 2.49.